The summed E-state index contributed by atoms with van der Waals surface area (Å²) < 4.78 is 0. The molecular formula is C12H18N4O. The molecule has 3 N–H and O–H groups in total. The normalized spacial score (nSPS) is 9.94. The molecule has 1 aromatic heterocycles. The van der Waals surface area contributed by atoms with Crippen LogP contribution in [0.4, 0.5) is 11.5 Å². The van der Waals surface area contributed by atoms with Crippen molar-refractivity contribution >= 4 is 11.5 Å². The predicted molar refractivity (Wildman–Crippen MR) is 67.6 cm³/mol. The Hall–Kier alpha value is -1.80. The van der Waals surface area contributed by atoms with E-state index in [1.54, 1.807) is 12.3 Å². The molecule has 1 aromatic rings. The van der Waals surface area contributed by atoms with Crippen molar-refractivity contribution in [2.75, 3.05) is 30.8 Å². The quantitative estimate of drug-likeness (QED) is 0.721. The molecule has 0 bridgehead atoms. The van der Waals surface area contributed by atoms with Crippen molar-refractivity contribution in [3.05, 3.63) is 17.8 Å². The van der Waals surface area contributed by atoms with Gasteiger partial charge < -0.3 is 15.7 Å². The van der Waals surface area contributed by atoms with Gasteiger partial charge in [0.2, 0.25) is 0 Å². The number of nitrogens with zero attached hydrogens (tertiary/aromatic N) is 3. The lowest BCUT2D eigenvalue weighted by molar-refractivity contribution is 0.283. The molecule has 1 heterocycles. The highest BCUT2D eigenvalue weighted by atomic mass is 16.2. The van der Waals surface area contributed by atoms with Gasteiger partial charge in [0.1, 0.15) is 11.9 Å². The van der Waals surface area contributed by atoms with Crippen LogP contribution in [0.3, 0.4) is 0 Å². The SMILES string of the molecule is CN(CCCCCO)c1ncc(N)cc1C#N. The number of aromatic nitrogens is 1. The van der Waals surface area contributed by atoms with Gasteiger partial charge in [-0.05, 0) is 25.3 Å². The molecular weight excluding hydrogens is 216 g/mol. The lowest BCUT2D eigenvalue weighted by Crippen LogP contribution is -2.21. The van der Waals surface area contributed by atoms with Gasteiger partial charge in [-0.3, -0.25) is 0 Å². The molecule has 0 aliphatic carbocycles. The van der Waals surface area contributed by atoms with E-state index in [1.165, 1.54) is 0 Å². The van der Waals surface area contributed by atoms with Gasteiger partial charge in [0, 0.05) is 20.2 Å². The van der Waals surface area contributed by atoms with E-state index < -0.39 is 0 Å². The molecule has 17 heavy (non-hydrogen) atoms. The van der Waals surface area contributed by atoms with E-state index in [-0.39, 0.29) is 6.61 Å². The summed E-state index contributed by atoms with van der Waals surface area (Å²) in [6.07, 6.45) is 4.31. The Labute approximate surface area is 101 Å². The van der Waals surface area contributed by atoms with Gasteiger partial charge in [-0.1, -0.05) is 0 Å². The molecule has 0 aromatic carbocycles. The zero-order valence-electron chi connectivity index (χ0n) is 10.1. The van der Waals surface area contributed by atoms with Crippen LogP contribution < -0.4 is 10.6 Å². The third kappa shape index (κ3) is 3.93. The monoisotopic (exact) mass is 234 g/mol. The van der Waals surface area contributed by atoms with Crippen LogP contribution >= 0.6 is 0 Å². The van der Waals surface area contributed by atoms with E-state index in [0.717, 1.165) is 25.8 Å². The Morgan fingerprint density at radius 2 is 2.24 bits per heavy atom. The molecule has 0 fully saturated rings. The number of nitrogens with two attached hydrogens (primary N) is 1. The van der Waals surface area contributed by atoms with E-state index >= 15 is 0 Å². The predicted octanol–water partition coefficient (Wildman–Crippen LogP) is 1.13. The lowest BCUT2D eigenvalue weighted by atomic mass is 10.2. The first kappa shape index (κ1) is 13.3. The first-order valence-electron chi connectivity index (χ1n) is 5.66. The fourth-order valence-corrected chi connectivity index (χ4v) is 1.60. The molecule has 0 unspecified atom stereocenters. The number of unbranched alkanes of at least 4 members (excludes halogenated alkanes) is 2. The topological polar surface area (TPSA) is 86.2 Å². The maximum Gasteiger partial charge on any atom is 0.146 e. The molecule has 1 rings (SSSR count). The molecule has 5 heteroatoms. The van der Waals surface area contributed by atoms with Crippen LogP contribution in [0.2, 0.25) is 0 Å². The van der Waals surface area contributed by atoms with Gasteiger partial charge in [-0.25, -0.2) is 4.98 Å². The number of nitriles is 1. The molecule has 0 aliphatic rings. The van der Waals surface area contributed by atoms with Gasteiger partial charge >= 0.3 is 0 Å². The summed E-state index contributed by atoms with van der Waals surface area (Å²) in [4.78, 5) is 6.12. The highest BCUT2D eigenvalue weighted by Crippen LogP contribution is 2.18. The van der Waals surface area contributed by atoms with Crippen molar-refractivity contribution < 1.29 is 5.11 Å². The number of rotatable bonds is 6. The van der Waals surface area contributed by atoms with Crippen molar-refractivity contribution in [2.24, 2.45) is 0 Å². The second-order valence-corrected chi connectivity index (χ2v) is 3.96. The van der Waals surface area contributed by atoms with Gasteiger partial charge in [-0.15, -0.1) is 0 Å². The summed E-state index contributed by atoms with van der Waals surface area (Å²) >= 11 is 0. The first-order valence-corrected chi connectivity index (χ1v) is 5.66. The van der Waals surface area contributed by atoms with Crippen LogP contribution in [0.5, 0.6) is 0 Å². The van der Waals surface area contributed by atoms with E-state index in [9.17, 15) is 0 Å². The maximum absolute atomic E-state index is 9.00. The van der Waals surface area contributed by atoms with E-state index in [4.69, 9.17) is 16.1 Å². The summed E-state index contributed by atoms with van der Waals surface area (Å²) in [7, 11) is 1.90. The molecule has 5 nitrogen and oxygen atoms in total. The standard InChI is InChI=1S/C12H18N4O/c1-16(5-3-2-4-6-17)12-10(8-13)7-11(14)9-15-12/h7,9,17H,2-6,14H2,1H3. The lowest BCUT2D eigenvalue weighted by Gasteiger charge is -2.19. The fourth-order valence-electron chi connectivity index (χ4n) is 1.60. The van der Waals surface area contributed by atoms with Gasteiger partial charge in [0.05, 0.1) is 17.4 Å². The smallest absolute Gasteiger partial charge is 0.146 e. The molecule has 0 aliphatic heterocycles. The van der Waals surface area contributed by atoms with Crippen molar-refractivity contribution in [1.29, 1.82) is 5.26 Å². The summed E-state index contributed by atoms with van der Waals surface area (Å²) in [6.45, 7) is 1.04. The van der Waals surface area contributed by atoms with Gasteiger partial charge in [-0.2, -0.15) is 5.26 Å². The largest absolute Gasteiger partial charge is 0.397 e. The van der Waals surface area contributed by atoms with Crippen molar-refractivity contribution in [3.8, 4) is 6.07 Å². The summed E-state index contributed by atoms with van der Waals surface area (Å²) in [6, 6.07) is 3.73. The van der Waals surface area contributed by atoms with Gasteiger partial charge in [0.25, 0.3) is 0 Å². The average Bonchev–Trinajstić information content (AvgIpc) is 2.34. The number of hydrogen-bond donors (Lipinski definition) is 2. The highest BCUT2D eigenvalue weighted by Gasteiger charge is 2.08. The second-order valence-electron chi connectivity index (χ2n) is 3.96. The van der Waals surface area contributed by atoms with Crippen LogP contribution in [-0.4, -0.2) is 30.3 Å². The van der Waals surface area contributed by atoms with E-state index in [1.807, 2.05) is 11.9 Å². The highest BCUT2D eigenvalue weighted by molar-refractivity contribution is 5.58. The minimum atomic E-state index is 0.229. The number of anilines is 2. The first-order chi connectivity index (χ1) is 8.19. The number of nitrogen functional groups attached to an aromatic ring is 1. The molecule has 0 atom stereocenters. The zero-order valence-corrected chi connectivity index (χ0v) is 10.1. The van der Waals surface area contributed by atoms with Crippen LogP contribution in [0.25, 0.3) is 0 Å². The van der Waals surface area contributed by atoms with E-state index in [0.29, 0.717) is 17.1 Å². The second kappa shape index (κ2) is 6.71. The molecule has 0 saturated heterocycles. The Balaban J connectivity index is 2.62. The third-order valence-electron chi connectivity index (χ3n) is 2.52. The minimum Gasteiger partial charge on any atom is -0.397 e. The number of aliphatic hydroxyl groups excluding tert-OH is 1. The van der Waals surface area contributed by atoms with Crippen LogP contribution in [0.15, 0.2) is 12.3 Å². The average molecular weight is 234 g/mol. The maximum atomic E-state index is 9.00. The Kier molecular flexibility index (Phi) is 5.24. The fraction of sp³-hybridized carbons (Fsp3) is 0.500. The molecule has 0 spiro atoms. The molecule has 0 radical (unpaired) electrons. The Morgan fingerprint density at radius 1 is 1.47 bits per heavy atom. The molecule has 92 valence electrons. The zero-order chi connectivity index (χ0) is 12.7. The Bertz CT molecular complexity index is 400. The number of aliphatic hydroxyl groups is 1. The third-order valence-corrected chi connectivity index (χ3v) is 2.52. The van der Waals surface area contributed by atoms with Crippen molar-refractivity contribution in [1.82, 2.24) is 4.98 Å². The van der Waals surface area contributed by atoms with Gasteiger partial charge in [0.15, 0.2) is 0 Å². The minimum absolute atomic E-state index is 0.229. The van der Waals surface area contributed by atoms with Crippen molar-refractivity contribution in [2.45, 2.75) is 19.3 Å². The molecule has 0 amide bonds. The van der Waals surface area contributed by atoms with Crippen LogP contribution in [0.1, 0.15) is 24.8 Å². The Morgan fingerprint density at radius 3 is 2.88 bits per heavy atom. The van der Waals surface area contributed by atoms with Crippen molar-refractivity contribution in [3.63, 3.8) is 0 Å². The van der Waals surface area contributed by atoms with Crippen LogP contribution in [-0.2, 0) is 0 Å². The van der Waals surface area contributed by atoms with E-state index in [2.05, 4.69) is 11.1 Å². The summed E-state index contributed by atoms with van der Waals surface area (Å²) in [5, 5.41) is 17.7. The van der Waals surface area contributed by atoms with Crippen LogP contribution in [0, 0.1) is 11.3 Å². The number of pyridine rings is 1. The molecule has 0 saturated carbocycles. The summed E-state index contributed by atoms with van der Waals surface area (Å²) in [5.41, 5.74) is 6.58. The number of hydrogen-bond acceptors (Lipinski definition) is 5. The summed E-state index contributed by atoms with van der Waals surface area (Å²) in [5.74, 6) is 0.658.